The minimum absolute atomic E-state index is 0.457. The van der Waals surface area contributed by atoms with Gasteiger partial charge in [0.25, 0.3) is 0 Å². The molecule has 2 atom stereocenters. The average molecular weight is 268 g/mol. The van der Waals surface area contributed by atoms with Crippen molar-refractivity contribution in [1.29, 1.82) is 0 Å². The molecule has 2 heterocycles. The second-order valence-electron chi connectivity index (χ2n) is 7.46. The Bertz CT molecular complexity index is 260. The van der Waals surface area contributed by atoms with Gasteiger partial charge in [0, 0.05) is 19.2 Å². The fourth-order valence-electron chi connectivity index (χ4n) is 3.81. The van der Waals surface area contributed by atoms with E-state index in [2.05, 4.69) is 25.7 Å². The molecule has 0 aromatic carbocycles. The van der Waals surface area contributed by atoms with Crippen LogP contribution in [0.2, 0.25) is 0 Å². The zero-order chi connectivity index (χ0) is 13.9. The molecular weight excluding hydrogens is 236 g/mol. The number of piperidine rings is 1. The maximum Gasteiger partial charge on any atom is 0.0509 e. The van der Waals surface area contributed by atoms with Crippen molar-refractivity contribution >= 4 is 0 Å². The van der Waals surface area contributed by atoms with Crippen molar-refractivity contribution < 1.29 is 4.74 Å². The van der Waals surface area contributed by atoms with Crippen LogP contribution in [0.15, 0.2) is 0 Å². The van der Waals surface area contributed by atoms with Gasteiger partial charge in [0.15, 0.2) is 0 Å². The van der Waals surface area contributed by atoms with E-state index in [4.69, 9.17) is 10.5 Å². The van der Waals surface area contributed by atoms with Gasteiger partial charge in [0.1, 0.15) is 0 Å². The standard InChI is InChI=1S/C16H32N2O/c1-16(2,3)14-6-8-18(9-7-14)15(11-17)13-5-4-10-19-12-13/h13-15H,4-12,17H2,1-3H3. The van der Waals surface area contributed by atoms with Crippen LogP contribution in [0.3, 0.4) is 0 Å². The summed E-state index contributed by atoms with van der Waals surface area (Å²) >= 11 is 0. The number of nitrogens with zero attached hydrogens (tertiary/aromatic N) is 1. The number of nitrogens with two attached hydrogens (primary N) is 1. The quantitative estimate of drug-likeness (QED) is 0.854. The zero-order valence-corrected chi connectivity index (χ0v) is 13.0. The molecule has 3 heteroatoms. The van der Waals surface area contributed by atoms with Gasteiger partial charge in [-0.1, -0.05) is 20.8 Å². The third kappa shape index (κ3) is 3.93. The highest BCUT2D eigenvalue weighted by atomic mass is 16.5. The molecule has 0 amide bonds. The predicted molar refractivity (Wildman–Crippen MR) is 80.1 cm³/mol. The Kier molecular flexibility index (Phi) is 5.27. The van der Waals surface area contributed by atoms with Crippen LogP contribution < -0.4 is 5.73 Å². The van der Waals surface area contributed by atoms with E-state index in [0.717, 1.165) is 25.7 Å². The van der Waals surface area contributed by atoms with E-state index in [0.29, 0.717) is 17.4 Å². The van der Waals surface area contributed by atoms with Crippen molar-refractivity contribution in [1.82, 2.24) is 4.90 Å². The molecule has 2 aliphatic rings. The minimum atomic E-state index is 0.457. The molecule has 0 spiro atoms. The monoisotopic (exact) mass is 268 g/mol. The Balaban J connectivity index is 1.87. The first kappa shape index (κ1) is 15.3. The number of hydrogen-bond acceptors (Lipinski definition) is 3. The van der Waals surface area contributed by atoms with Crippen molar-refractivity contribution in [2.45, 2.75) is 52.5 Å². The van der Waals surface area contributed by atoms with E-state index in [9.17, 15) is 0 Å². The van der Waals surface area contributed by atoms with Gasteiger partial charge in [-0.2, -0.15) is 0 Å². The summed E-state index contributed by atoms with van der Waals surface area (Å²) in [6, 6.07) is 0.543. The summed E-state index contributed by atoms with van der Waals surface area (Å²) in [6.07, 6.45) is 5.15. The van der Waals surface area contributed by atoms with Gasteiger partial charge in [-0.25, -0.2) is 0 Å². The Morgan fingerprint density at radius 2 is 1.89 bits per heavy atom. The molecule has 0 radical (unpaired) electrons. The Morgan fingerprint density at radius 1 is 1.21 bits per heavy atom. The van der Waals surface area contributed by atoms with E-state index in [1.54, 1.807) is 0 Å². The van der Waals surface area contributed by atoms with Gasteiger partial charge in [0.2, 0.25) is 0 Å². The second kappa shape index (κ2) is 6.55. The van der Waals surface area contributed by atoms with Crippen molar-refractivity contribution in [2.24, 2.45) is 23.0 Å². The maximum absolute atomic E-state index is 6.06. The number of rotatable bonds is 3. The maximum atomic E-state index is 6.06. The van der Waals surface area contributed by atoms with Crippen LogP contribution >= 0.6 is 0 Å². The molecule has 0 aromatic rings. The molecule has 0 aliphatic carbocycles. The summed E-state index contributed by atoms with van der Waals surface area (Å²) in [5, 5.41) is 0. The van der Waals surface area contributed by atoms with E-state index in [-0.39, 0.29) is 0 Å². The number of ether oxygens (including phenoxy) is 1. The topological polar surface area (TPSA) is 38.5 Å². The lowest BCUT2D eigenvalue weighted by molar-refractivity contribution is -0.00440. The van der Waals surface area contributed by atoms with Crippen molar-refractivity contribution in [3.05, 3.63) is 0 Å². The van der Waals surface area contributed by atoms with Gasteiger partial charge in [-0.3, -0.25) is 4.90 Å². The molecule has 2 rings (SSSR count). The fourth-order valence-corrected chi connectivity index (χ4v) is 3.81. The molecule has 2 aliphatic heterocycles. The van der Waals surface area contributed by atoms with Gasteiger partial charge >= 0.3 is 0 Å². The zero-order valence-electron chi connectivity index (χ0n) is 13.0. The highest BCUT2D eigenvalue weighted by Crippen LogP contribution is 2.35. The SMILES string of the molecule is CC(C)(C)C1CCN(C(CN)C2CCCOC2)CC1. The first-order chi connectivity index (χ1) is 9.02. The third-order valence-corrected chi connectivity index (χ3v) is 5.20. The summed E-state index contributed by atoms with van der Waals surface area (Å²) in [4.78, 5) is 2.64. The summed E-state index contributed by atoms with van der Waals surface area (Å²) in [5.41, 5.74) is 6.51. The number of hydrogen-bond donors (Lipinski definition) is 1. The van der Waals surface area contributed by atoms with Crippen molar-refractivity contribution in [3.8, 4) is 0 Å². The summed E-state index contributed by atoms with van der Waals surface area (Å²) in [7, 11) is 0. The number of likely N-dealkylation sites (tertiary alicyclic amines) is 1. The predicted octanol–water partition coefficient (Wildman–Crippen LogP) is 2.50. The first-order valence-corrected chi connectivity index (χ1v) is 8.04. The van der Waals surface area contributed by atoms with E-state index < -0.39 is 0 Å². The summed E-state index contributed by atoms with van der Waals surface area (Å²) in [6.45, 7) is 12.2. The second-order valence-corrected chi connectivity index (χ2v) is 7.46. The molecule has 2 unspecified atom stereocenters. The third-order valence-electron chi connectivity index (χ3n) is 5.20. The van der Waals surface area contributed by atoms with Crippen molar-refractivity contribution in [3.63, 3.8) is 0 Å². The fraction of sp³-hybridized carbons (Fsp3) is 1.00. The lowest BCUT2D eigenvalue weighted by Crippen LogP contribution is -2.51. The normalized spacial score (nSPS) is 29.4. The Morgan fingerprint density at radius 3 is 2.37 bits per heavy atom. The summed E-state index contributed by atoms with van der Waals surface area (Å²) < 4.78 is 5.65. The van der Waals surface area contributed by atoms with Crippen LogP contribution in [0.1, 0.15) is 46.5 Å². The molecule has 3 nitrogen and oxygen atoms in total. The van der Waals surface area contributed by atoms with Crippen LogP contribution in [0.5, 0.6) is 0 Å². The minimum Gasteiger partial charge on any atom is -0.381 e. The molecule has 2 fully saturated rings. The smallest absolute Gasteiger partial charge is 0.0509 e. The van der Waals surface area contributed by atoms with Crippen LogP contribution in [0, 0.1) is 17.3 Å². The largest absolute Gasteiger partial charge is 0.381 e. The molecule has 112 valence electrons. The van der Waals surface area contributed by atoms with Crippen LogP contribution in [-0.2, 0) is 4.74 Å². The molecule has 0 bridgehead atoms. The Hall–Kier alpha value is -0.120. The lowest BCUT2D eigenvalue weighted by Gasteiger charge is -2.44. The molecule has 2 saturated heterocycles. The Labute approximate surface area is 118 Å². The van der Waals surface area contributed by atoms with E-state index in [1.807, 2.05) is 0 Å². The highest BCUT2D eigenvalue weighted by molar-refractivity contribution is 4.87. The van der Waals surface area contributed by atoms with Gasteiger partial charge in [0.05, 0.1) is 6.61 Å². The van der Waals surface area contributed by atoms with Crippen LogP contribution in [-0.4, -0.2) is 43.8 Å². The average Bonchev–Trinajstić information content (AvgIpc) is 2.40. The first-order valence-electron chi connectivity index (χ1n) is 8.04. The van der Waals surface area contributed by atoms with Crippen molar-refractivity contribution in [2.75, 3.05) is 32.8 Å². The van der Waals surface area contributed by atoms with E-state index in [1.165, 1.54) is 38.8 Å². The molecular formula is C16H32N2O. The van der Waals surface area contributed by atoms with Gasteiger partial charge in [-0.05, 0) is 56.0 Å². The van der Waals surface area contributed by atoms with Crippen LogP contribution in [0.4, 0.5) is 0 Å². The van der Waals surface area contributed by atoms with Gasteiger partial charge < -0.3 is 10.5 Å². The molecule has 0 aromatic heterocycles. The summed E-state index contributed by atoms with van der Waals surface area (Å²) in [5.74, 6) is 1.52. The van der Waals surface area contributed by atoms with Gasteiger partial charge in [-0.15, -0.1) is 0 Å². The molecule has 2 N–H and O–H groups in total. The highest BCUT2D eigenvalue weighted by Gasteiger charge is 2.34. The molecule has 0 saturated carbocycles. The van der Waals surface area contributed by atoms with Crippen LogP contribution in [0.25, 0.3) is 0 Å². The lowest BCUT2D eigenvalue weighted by atomic mass is 9.75. The molecule has 19 heavy (non-hydrogen) atoms. The van der Waals surface area contributed by atoms with E-state index >= 15 is 0 Å².